The van der Waals surface area contributed by atoms with Gasteiger partial charge in [0.1, 0.15) is 11.8 Å². The SMILES string of the molecule is CC(C)(C)c1cc(Cl)cc(CC(N)C(=O)O)c1O. The summed E-state index contributed by atoms with van der Waals surface area (Å²) >= 11 is 5.99. The van der Waals surface area contributed by atoms with Crippen LogP contribution >= 0.6 is 11.6 Å². The lowest BCUT2D eigenvalue weighted by Gasteiger charge is -2.23. The fraction of sp³-hybridized carbons (Fsp3) is 0.462. The van der Waals surface area contributed by atoms with Crippen LogP contribution < -0.4 is 5.73 Å². The number of aliphatic carboxylic acids is 1. The van der Waals surface area contributed by atoms with E-state index in [2.05, 4.69) is 0 Å². The predicted octanol–water partition coefficient (Wildman–Crippen LogP) is 2.30. The van der Waals surface area contributed by atoms with Crippen molar-refractivity contribution in [2.75, 3.05) is 0 Å². The van der Waals surface area contributed by atoms with E-state index in [-0.39, 0.29) is 17.6 Å². The van der Waals surface area contributed by atoms with E-state index in [1.54, 1.807) is 12.1 Å². The van der Waals surface area contributed by atoms with Crippen LogP contribution in [-0.4, -0.2) is 22.2 Å². The number of nitrogens with two attached hydrogens (primary N) is 1. The largest absolute Gasteiger partial charge is 0.507 e. The van der Waals surface area contributed by atoms with Crippen LogP contribution in [0.1, 0.15) is 31.9 Å². The first-order valence-electron chi connectivity index (χ1n) is 5.63. The molecule has 1 unspecified atom stereocenters. The van der Waals surface area contributed by atoms with Crippen LogP contribution in [0, 0.1) is 0 Å². The Labute approximate surface area is 111 Å². The molecule has 4 N–H and O–H groups in total. The molecule has 0 saturated carbocycles. The number of phenols is 1. The zero-order valence-corrected chi connectivity index (χ0v) is 11.5. The zero-order chi connectivity index (χ0) is 14.1. The Balaban J connectivity index is 3.22. The summed E-state index contributed by atoms with van der Waals surface area (Å²) in [6, 6.07) is 2.18. The van der Waals surface area contributed by atoms with Crippen molar-refractivity contribution in [1.29, 1.82) is 0 Å². The molecule has 100 valence electrons. The number of halogens is 1. The van der Waals surface area contributed by atoms with Crippen LogP contribution in [0.4, 0.5) is 0 Å². The lowest BCUT2D eigenvalue weighted by atomic mass is 9.84. The number of carbonyl (C=O) groups is 1. The van der Waals surface area contributed by atoms with E-state index in [0.29, 0.717) is 16.1 Å². The molecule has 1 aromatic carbocycles. The maximum Gasteiger partial charge on any atom is 0.320 e. The number of phenolic OH excluding ortho intramolecular Hbond substituents is 1. The molecule has 5 heteroatoms. The highest BCUT2D eigenvalue weighted by atomic mass is 35.5. The van der Waals surface area contributed by atoms with E-state index in [1.165, 1.54) is 0 Å². The molecule has 0 heterocycles. The van der Waals surface area contributed by atoms with Gasteiger partial charge in [0.15, 0.2) is 0 Å². The van der Waals surface area contributed by atoms with Crippen LogP contribution in [0.2, 0.25) is 5.02 Å². The van der Waals surface area contributed by atoms with Crippen molar-refractivity contribution in [3.63, 3.8) is 0 Å². The van der Waals surface area contributed by atoms with E-state index in [1.807, 2.05) is 20.8 Å². The highest BCUT2D eigenvalue weighted by molar-refractivity contribution is 6.30. The first-order valence-corrected chi connectivity index (χ1v) is 6.01. The van der Waals surface area contributed by atoms with Crippen molar-refractivity contribution in [3.05, 3.63) is 28.3 Å². The van der Waals surface area contributed by atoms with Gasteiger partial charge in [0.05, 0.1) is 0 Å². The first kappa shape index (κ1) is 14.8. The van der Waals surface area contributed by atoms with Gasteiger partial charge >= 0.3 is 5.97 Å². The Kier molecular flexibility index (Phi) is 4.24. The summed E-state index contributed by atoms with van der Waals surface area (Å²) in [5, 5.41) is 19.4. The third kappa shape index (κ3) is 3.37. The topological polar surface area (TPSA) is 83.6 Å². The average molecular weight is 272 g/mol. The van der Waals surface area contributed by atoms with E-state index < -0.39 is 12.0 Å². The summed E-state index contributed by atoms with van der Waals surface area (Å²) < 4.78 is 0. The molecule has 1 rings (SSSR count). The molecule has 0 aliphatic rings. The smallest absolute Gasteiger partial charge is 0.320 e. The van der Waals surface area contributed by atoms with Crippen LogP contribution in [0.3, 0.4) is 0 Å². The van der Waals surface area contributed by atoms with Gasteiger partial charge in [-0.3, -0.25) is 4.79 Å². The van der Waals surface area contributed by atoms with Crippen LogP contribution in [0.25, 0.3) is 0 Å². The molecule has 0 bridgehead atoms. The number of hydrogen-bond donors (Lipinski definition) is 3. The maximum absolute atomic E-state index is 10.7. The third-order valence-corrected chi connectivity index (χ3v) is 2.94. The molecule has 0 spiro atoms. The van der Waals surface area contributed by atoms with E-state index in [9.17, 15) is 9.90 Å². The lowest BCUT2D eigenvalue weighted by molar-refractivity contribution is -0.138. The molecule has 18 heavy (non-hydrogen) atoms. The lowest BCUT2D eigenvalue weighted by Crippen LogP contribution is -2.32. The highest BCUT2D eigenvalue weighted by Gasteiger charge is 2.23. The Morgan fingerprint density at radius 3 is 2.44 bits per heavy atom. The van der Waals surface area contributed by atoms with Crippen LogP contribution in [0.15, 0.2) is 12.1 Å². The van der Waals surface area contributed by atoms with Gasteiger partial charge in [0.2, 0.25) is 0 Å². The summed E-state index contributed by atoms with van der Waals surface area (Å²) in [7, 11) is 0. The molecule has 0 radical (unpaired) electrons. The minimum Gasteiger partial charge on any atom is -0.507 e. The van der Waals surface area contributed by atoms with Gasteiger partial charge in [-0.1, -0.05) is 32.4 Å². The quantitative estimate of drug-likeness (QED) is 0.788. The minimum atomic E-state index is -1.10. The standard InChI is InChI=1S/C13H18ClNO3/c1-13(2,3)9-6-8(14)4-7(11(9)16)5-10(15)12(17)18/h4,6,10,16H,5,15H2,1-3H3,(H,17,18). The molecule has 0 aliphatic carbocycles. The molecule has 0 aliphatic heterocycles. The van der Waals surface area contributed by atoms with Gasteiger partial charge < -0.3 is 15.9 Å². The monoisotopic (exact) mass is 271 g/mol. The van der Waals surface area contributed by atoms with E-state index >= 15 is 0 Å². The highest BCUT2D eigenvalue weighted by Crippen LogP contribution is 2.36. The molecular formula is C13H18ClNO3. The molecule has 0 aromatic heterocycles. The fourth-order valence-electron chi connectivity index (χ4n) is 1.71. The van der Waals surface area contributed by atoms with Crippen molar-refractivity contribution >= 4 is 17.6 Å². The number of carboxylic acid groups (broad SMARTS) is 1. The van der Waals surface area contributed by atoms with E-state index in [0.717, 1.165) is 0 Å². The Morgan fingerprint density at radius 2 is 2.00 bits per heavy atom. The molecule has 1 aromatic rings. The second-order valence-electron chi connectivity index (χ2n) is 5.36. The molecule has 1 atom stereocenters. The average Bonchev–Trinajstić information content (AvgIpc) is 2.21. The molecule has 0 amide bonds. The number of hydrogen-bond acceptors (Lipinski definition) is 3. The number of benzene rings is 1. The van der Waals surface area contributed by atoms with Crippen molar-refractivity contribution in [3.8, 4) is 5.75 Å². The van der Waals surface area contributed by atoms with Crippen LogP contribution in [0.5, 0.6) is 5.75 Å². The van der Waals surface area contributed by atoms with E-state index in [4.69, 9.17) is 22.4 Å². The molecule has 0 saturated heterocycles. The van der Waals surface area contributed by atoms with Gasteiger partial charge in [-0.05, 0) is 23.1 Å². The van der Waals surface area contributed by atoms with Gasteiger partial charge in [-0.2, -0.15) is 0 Å². The second kappa shape index (κ2) is 5.16. The second-order valence-corrected chi connectivity index (χ2v) is 5.80. The third-order valence-electron chi connectivity index (χ3n) is 2.72. The van der Waals surface area contributed by atoms with Gasteiger partial charge in [-0.15, -0.1) is 0 Å². The first-order chi connectivity index (χ1) is 8.12. The maximum atomic E-state index is 10.7. The summed E-state index contributed by atoms with van der Waals surface area (Å²) in [6.07, 6.45) is 0.0464. The molecule has 0 fully saturated rings. The number of rotatable bonds is 3. The normalized spacial score (nSPS) is 13.4. The van der Waals surface area contributed by atoms with Crippen molar-refractivity contribution in [1.82, 2.24) is 0 Å². The Hall–Kier alpha value is -1.26. The van der Waals surface area contributed by atoms with Gasteiger partial charge in [-0.25, -0.2) is 0 Å². The summed E-state index contributed by atoms with van der Waals surface area (Å²) in [6.45, 7) is 5.83. The predicted molar refractivity (Wildman–Crippen MR) is 71.1 cm³/mol. The molecule has 4 nitrogen and oxygen atoms in total. The summed E-state index contributed by atoms with van der Waals surface area (Å²) in [4.78, 5) is 10.7. The van der Waals surface area contributed by atoms with Crippen molar-refractivity contribution in [2.24, 2.45) is 5.73 Å². The zero-order valence-electron chi connectivity index (χ0n) is 10.7. The Bertz CT molecular complexity index is 466. The minimum absolute atomic E-state index is 0.0464. The summed E-state index contributed by atoms with van der Waals surface area (Å²) in [5.41, 5.74) is 6.34. The van der Waals surface area contributed by atoms with Crippen molar-refractivity contribution in [2.45, 2.75) is 38.6 Å². The fourth-order valence-corrected chi connectivity index (χ4v) is 1.95. The van der Waals surface area contributed by atoms with Gasteiger partial charge in [0, 0.05) is 17.0 Å². The van der Waals surface area contributed by atoms with Gasteiger partial charge in [0.25, 0.3) is 0 Å². The van der Waals surface area contributed by atoms with Crippen molar-refractivity contribution < 1.29 is 15.0 Å². The molecular weight excluding hydrogens is 254 g/mol. The Morgan fingerprint density at radius 1 is 1.44 bits per heavy atom. The summed E-state index contributed by atoms with van der Waals surface area (Å²) in [5.74, 6) is -1.03. The number of aromatic hydroxyl groups is 1. The number of carboxylic acids is 1. The van der Waals surface area contributed by atoms with Crippen LogP contribution in [-0.2, 0) is 16.6 Å².